The smallest absolute Gasteiger partial charge is 0.406 e. The molecule has 2 saturated heterocycles. The van der Waals surface area contributed by atoms with E-state index in [9.17, 15) is 21.6 Å². The largest absolute Gasteiger partial charge is 0.573 e. The van der Waals surface area contributed by atoms with Crippen molar-refractivity contribution in [2.45, 2.75) is 54.6 Å². The summed E-state index contributed by atoms with van der Waals surface area (Å²) >= 11 is 0. The molecule has 2 atom stereocenters. The molecule has 2 heterocycles. The van der Waals surface area contributed by atoms with Gasteiger partial charge in [-0.25, -0.2) is 13.1 Å². The molecule has 0 spiro atoms. The van der Waals surface area contributed by atoms with E-state index in [-0.39, 0.29) is 17.0 Å². The summed E-state index contributed by atoms with van der Waals surface area (Å²) in [6.45, 7) is 0. The number of piperidine rings is 1. The molecule has 9 heteroatoms. The van der Waals surface area contributed by atoms with Gasteiger partial charge in [-0.1, -0.05) is 30.3 Å². The molecule has 0 radical (unpaired) electrons. The Morgan fingerprint density at radius 2 is 1.55 bits per heavy atom. The number of benzene rings is 2. The summed E-state index contributed by atoms with van der Waals surface area (Å²) in [7, 11) is -3.96. The maximum Gasteiger partial charge on any atom is 0.573 e. The van der Waals surface area contributed by atoms with Crippen molar-refractivity contribution in [3.8, 4) is 5.75 Å². The molecule has 5 nitrogen and oxygen atoms in total. The van der Waals surface area contributed by atoms with Crippen LogP contribution in [0.5, 0.6) is 5.75 Å². The van der Waals surface area contributed by atoms with Gasteiger partial charge in [-0.05, 0) is 55.5 Å². The fourth-order valence-corrected chi connectivity index (χ4v) is 5.83. The first-order valence-electron chi connectivity index (χ1n) is 9.37. The van der Waals surface area contributed by atoms with Gasteiger partial charge in [0.05, 0.1) is 10.4 Å². The summed E-state index contributed by atoms with van der Waals surface area (Å²) in [6.07, 6.45) is -1.62. The van der Waals surface area contributed by atoms with Gasteiger partial charge in [0.15, 0.2) is 0 Å². The van der Waals surface area contributed by atoms with Crippen LogP contribution in [-0.2, 0) is 15.6 Å². The van der Waals surface area contributed by atoms with Gasteiger partial charge in [-0.15, -0.1) is 13.2 Å². The number of hydrogen-bond acceptors (Lipinski definition) is 4. The molecule has 4 rings (SSSR count). The molecule has 2 aromatic carbocycles. The average molecular weight is 426 g/mol. The fourth-order valence-electron chi connectivity index (χ4n) is 4.42. The zero-order valence-electron chi connectivity index (χ0n) is 15.4. The van der Waals surface area contributed by atoms with Crippen molar-refractivity contribution < 1.29 is 26.3 Å². The quantitative estimate of drug-likeness (QED) is 0.766. The van der Waals surface area contributed by atoms with Gasteiger partial charge >= 0.3 is 6.36 Å². The number of nitrogens with one attached hydrogen (secondary N) is 2. The van der Waals surface area contributed by atoms with Crippen molar-refractivity contribution in [3.05, 3.63) is 60.2 Å². The third-order valence-electron chi connectivity index (χ3n) is 5.55. The van der Waals surface area contributed by atoms with Crippen LogP contribution in [0.4, 0.5) is 13.2 Å². The highest BCUT2D eigenvalue weighted by molar-refractivity contribution is 7.89. The maximum atomic E-state index is 13.1. The summed E-state index contributed by atoms with van der Waals surface area (Å²) in [4.78, 5) is -0.104. The maximum absolute atomic E-state index is 13.1. The van der Waals surface area contributed by atoms with Crippen LogP contribution in [-0.4, -0.2) is 26.9 Å². The van der Waals surface area contributed by atoms with E-state index in [0.29, 0.717) is 12.8 Å². The van der Waals surface area contributed by atoms with Gasteiger partial charge in [0.25, 0.3) is 0 Å². The minimum atomic E-state index is -4.83. The number of halogens is 3. The van der Waals surface area contributed by atoms with Gasteiger partial charge in [0.1, 0.15) is 5.75 Å². The molecule has 2 fully saturated rings. The summed E-state index contributed by atoms with van der Waals surface area (Å²) in [5.41, 5.74) is 0.122. The number of sulfonamides is 1. The Bertz CT molecular complexity index is 951. The highest BCUT2D eigenvalue weighted by Crippen LogP contribution is 2.41. The van der Waals surface area contributed by atoms with Crippen LogP contribution >= 0.6 is 0 Å². The van der Waals surface area contributed by atoms with E-state index < -0.39 is 27.7 Å². The van der Waals surface area contributed by atoms with Crippen molar-refractivity contribution in [2.75, 3.05) is 0 Å². The van der Waals surface area contributed by atoms with E-state index in [0.717, 1.165) is 42.7 Å². The Morgan fingerprint density at radius 1 is 0.966 bits per heavy atom. The molecule has 156 valence electrons. The number of ether oxygens (including phenoxy) is 1. The van der Waals surface area contributed by atoms with E-state index in [4.69, 9.17) is 0 Å². The van der Waals surface area contributed by atoms with Crippen LogP contribution in [0.2, 0.25) is 0 Å². The Balaban J connectivity index is 1.63. The summed E-state index contributed by atoms with van der Waals surface area (Å²) in [5, 5.41) is 3.51. The first-order chi connectivity index (χ1) is 13.7. The normalized spacial score (nSPS) is 27.0. The summed E-state index contributed by atoms with van der Waals surface area (Å²) < 4.78 is 70.0. The number of hydrogen-bond donors (Lipinski definition) is 2. The lowest BCUT2D eigenvalue weighted by Crippen LogP contribution is -2.55. The molecule has 2 aliphatic rings. The van der Waals surface area contributed by atoms with Gasteiger partial charge in [-0.3, -0.25) is 0 Å². The van der Waals surface area contributed by atoms with Crippen molar-refractivity contribution in [3.63, 3.8) is 0 Å². The SMILES string of the molecule is O=S(=O)(NC1(c2ccccc2)CC2CCC(C1)N2)c1ccc(OC(F)(F)F)cc1. The van der Waals surface area contributed by atoms with E-state index >= 15 is 0 Å². The van der Waals surface area contributed by atoms with E-state index in [1.807, 2.05) is 30.3 Å². The second kappa shape index (κ2) is 7.30. The lowest BCUT2D eigenvalue weighted by molar-refractivity contribution is -0.274. The van der Waals surface area contributed by atoms with Gasteiger partial charge < -0.3 is 10.1 Å². The third-order valence-corrected chi connectivity index (χ3v) is 7.10. The Labute approximate surface area is 167 Å². The first-order valence-corrected chi connectivity index (χ1v) is 10.8. The zero-order valence-corrected chi connectivity index (χ0v) is 16.3. The van der Waals surface area contributed by atoms with Crippen molar-refractivity contribution >= 4 is 10.0 Å². The Kier molecular flexibility index (Phi) is 5.08. The van der Waals surface area contributed by atoms with E-state index in [2.05, 4.69) is 14.8 Å². The van der Waals surface area contributed by atoms with Gasteiger partial charge in [0, 0.05) is 12.1 Å². The van der Waals surface area contributed by atoms with Crippen LogP contribution in [0.15, 0.2) is 59.5 Å². The lowest BCUT2D eigenvalue weighted by atomic mass is 9.79. The van der Waals surface area contributed by atoms with Crippen LogP contribution in [0.25, 0.3) is 0 Å². The fraction of sp³-hybridized carbons (Fsp3) is 0.400. The molecular weight excluding hydrogens is 405 g/mol. The standard InChI is InChI=1S/C20H21F3N2O3S/c21-20(22,23)28-17-8-10-18(11-9-17)29(26,27)25-19(14-4-2-1-3-5-14)12-15-6-7-16(13-19)24-15/h1-5,8-11,15-16,24-25H,6-7,12-13H2. The molecule has 2 N–H and O–H groups in total. The molecule has 2 bridgehead atoms. The van der Waals surface area contributed by atoms with Crippen molar-refractivity contribution in [1.82, 2.24) is 10.0 Å². The molecular formula is C20H21F3N2O3S. The van der Waals surface area contributed by atoms with Crippen LogP contribution in [0.3, 0.4) is 0 Å². The number of fused-ring (bicyclic) bond motifs is 2. The predicted molar refractivity (Wildman–Crippen MR) is 101 cm³/mol. The molecule has 0 amide bonds. The second-order valence-corrected chi connectivity index (χ2v) is 9.30. The monoisotopic (exact) mass is 426 g/mol. The van der Waals surface area contributed by atoms with E-state index in [1.165, 1.54) is 0 Å². The predicted octanol–water partition coefficient (Wildman–Crippen LogP) is 3.67. The molecule has 2 aliphatic heterocycles. The highest BCUT2D eigenvalue weighted by Gasteiger charge is 2.47. The third kappa shape index (κ3) is 4.41. The first kappa shape index (κ1) is 20.2. The van der Waals surface area contributed by atoms with Gasteiger partial charge in [0.2, 0.25) is 10.0 Å². The second-order valence-electron chi connectivity index (χ2n) is 7.62. The average Bonchev–Trinajstić information content (AvgIpc) is 3.00. The summed E-state index contributed by atoms with van der Waals surface area (Å²) in [5.74, 6) is -0.464. The topological polar surface area (TPSA) is 67.4 Å². The number of rotatable bonds is 5. The van der Waals surface area contributed by atoms with Crippen LogP contribution in [0, 0.1) is 0 Å². The molecule has 0 aromatic heterocycles. The zero-order chi connectivity index (χ0) is 20.7. The minimum Gasteiger partial charge on any atom is -0.406 e. The highest BCUT2D eigenvalue weighted by atomic mass is 32.2. The van der Waals surface area contributed by atoms with Crippen molar-refractivity contribution in [2.24, 2.45) is 0 Å². The lowest BCUT2D eigenvalue weighted by Gasteiger charge is -2.42. The van der Waals surface area contributed by atoms with Crippen LogP contribution in [0.1, 0.15) is 31.2 Å². The van der Waals surface area contributed by atoms with Crippen molar-refractivity contribution in [1.29, 1.82) is 0 Å². The van der Waals surface area contributed by atoms with Gasteiger partial charge in [-0.2, -0.15) is 0 Å². The Hall–Kier alpha value is -2.10. The molecule has 0 saturated carbocycles. The Morgan fingerprint density at radius 3 is 2.10 bits per heavy atom. The molecule has 2 aromatic rings. The summed E-state index contributed by atoms with van der Waals surface area (Å²) in [6, 6.07) is 14.1. The molecule has 29 heavy (non-hydrogen) atoms. The van der Waals surface area contributed by atoms with E-state index in [1.54, 1.807) is 0 Å². The molecule has 0 aliphatic carbocycles. The number of alkyl halides is 3. The van der Waals surface area contributed by atoms with Crippen LogP contribution < -0.4 is 14.8 Å². The molecule has 2 unspecified atom stereocenters. The minimum absolute atomic E-state index is 0.104.